The third-order valence-corrected chi connectivity index (χ3v) is 3.78. The van der Waals surface area contributed by atoms with Gasteiger partial charge in [-0.05, 0) is 27.7 Å². The minimum absolute atomic E-state index is 0.00556. The molecule has 1 heterocycles. The van der Waals surface area contributed by atoms with Gasteiger partial charge in [-0.1, -0.05) is 0 Å². The molecule has 1 rings (SSSR count). The first-order chi connectivity index (χ1) is 12.7. The van der Waals surface area contributed by atoms with E-state index in [1.807, 2.05) is 27.7 Å². The average Bonchev–Trinajstić information content (AvgIpc) is 2.58. The number of carbonyl (C=O) groups is 2. The minimum Gasteiger partial charge on any atom is -0.459 e. The Bertz CT molecular complexity index is 496. The van der Waals surface area contributed by atoms with Gasteiger partial charge >= 0.3 is 5.97 Å². The smallest absolute Gasteiger partial charge is 0.328 e. The van der Waals surface area contributed by atoms with Crippen molar-refractivity contribution in [2.75, 3.05) is 66.1 Å². The molecular weight excluding hydrogens is 350 g/mol. The lowest BCUT2D eigenvalue weighted by molar-refractivity contribution is -0.152. The summed E-state index contributed by atoms with van der Waals surface area (Å²) in [5.74, 6) is 0.364. The van der Waals surface area contributed by atoms with Gasteiger partial charge in [0.2, 0.25) is 5.91 Å². The van der Waals surface area contributed by atoms with Gasteiger partial charge in [-0.25, -0.2) is 4.99 Å². The van der Waals surface area contributed by atoms with Crippen LogP contribution in [0.1, 0.15) is 27.7 Å². The molecule has 1 amide bonds. The van der Waals surface area contributed by atoms with Gasteiger partial charge in [0.1, 0.15) is 12.1 Å². The van der Waals surface area contributed by atoms with E-state index >= 15 is 0 Å². The van der Waals surface area contributed by atoms with Crippen LogP contribution < -0.4 is 10.6 Å². The van der Waals surface area contributed by atoms with Crippen LogP contribution in [0, 0.1) is 0 Å². The van der Waals surface area contributed by atoms with E-state index < -0.39 is 5.60 Å². The number of nitrogens with one attached hydrogen (secondary N) is 2. The van der Waals surface area contributed by atoms with Crippen molar-refractivity contribution in [2.24, 2.45) is 4.99 Å². The monoisotopic (exact) mass is 385 g/mol. The maximum atomic E-state index is 11.9. The number of piperazine rings is 1. The Morgan fingerprint density at radius 3 is 2.33 bits per heavy atom. The average molecular weight is 386 g/mol. The van der Waals surface area contributed by atoms with Gasteiger partial charge in [0.05, 0.1) is 13.2 Å². The lowest BCUT2D eigenvalue weighted by atomic mass is 10.2. The molecule has 0 atom stereocenters. The van der Waals surface area contributed by atoms with Crippen molar-refractivity contribution >= 4 is 17.8 Å². The molecule has 2 N–H and O–H groups in total. The zero-order valence-corrected chi connectivity index (χ0v) is 17.3. The van der Waals surface area contributed by atoms with E-state index in [1.54, 1.807) is 7.11 Å². The zero-order valence-electron chi connectivity index (χ0n) is 17.3. The van der Waals surface area contributed by atoms with Crippen molar-refractivity contribution in [1.29, 1.82) is 0 Å². The Balaban J connectivity index is 2.47. The number of hydrogen-bond donors (Lipinski definition) is 2. The highest BCUT2D eigenvalue weighted by molar-refractivity contribution is 5.83. The van der Waals surface area contributed by atoms with Gasteiger partial charge < -0.3 is 25.0 Å². The van der Waals surface area contributed by atoms with Crippen molar-refractivity contribution in [3.8, 4) is 0 Å². The fourth-order valence-electron chi connectivity index (χ4n) is 2.61. The van der Waals surface area contributed by atoms with E-state index in [-0.39, 0.29) is 18.4 Å². The van der Waals surface area contributed by atoms with Crippen molar-refractivity contribution in [3.63, 3.8) is 0 Å². The van der Waals surface area contributed by atoms with Crippen molar-refractivity contribution in [1.82, 2.24) is 20.4 Å². The number of ether oxygens (including phenoxy) is 2. The molecular formula is C18H35N5O4. The molecule has 0 bridgehead atoms. The van der Waals surface area contributed by atoms with Gasteiger partial charge in [0.25, 0.3) is 0 Å². The molecule has 156 valence electrons. The summed E-state index contributed by atoms with van der Waals surface area (Å²) in [5.41, 5.74) is -0.513. The highest BCUT2D eigenvalue weighted by Gasteiger charge is 2.22. The van der Waals surface area contributed by atoms with Crippen LogP contribution in [0.2, 0.25) is 0 Å². The van der Waals surface area contributed by atoms with Crippen LogP contribution in [0.3, 0.4) is 0 Å². The topological polar surface area (TPSA) is 95.5 Å². The Morgan fingerprint density at radius 2 is 1.78 bits per heavy atom. The number of rotatable bonds is 8. The second-order valence-electron chi connectivity index (χ2n) is 7.36. The van der Waals surface area contributed by atoms with Gasteiger partial charge in [0, 0.05) is 46.4 Å². The summed E-state index contributed by atoms with van der Waals surface area (Å²) in [4.78, 5) is 32.4. The van der Waals surface area contributed by atoms with Crippen LogP contribution in [0.5, 0.6) is 0 Å². The fraction of sp³-hybridized carbons (Fsp3) is 0.833. The zero-order chi connectivity index (χ0) is 20.3. The van der Waals surface area contributed by atoms with Crippen LogP contribution >= 0.6 is 0 Å². The van der Waals surface area contributed by atoms with E-state index in [0.717, 1.165) is 32.7 Å². The van der Waals surface area contributed by atoms with Gasteiger partial charge in [0.15, 0.2) is 5.96 Å². The van der Waals surface area contributed by atoms with E-state index in [9.17, 15) is 9.59 Å². The first-order valence-electron chi connectivity index (χ1n) is 9.48. The molecule has 0 aromatic rings. The molecule has 0 saturated carbocycles. The van der Waals surface area contributed by atoms with E-state index in [2.05, 4.69) is 25.4 Å². The molecule has 0 spiro atoms. The molecule has 27 heavy (non-hydrogen) atoms. The quantitative estimate of drug-likeness (QED) is 0.256. The number of esters is 1. The summed E-state index contributed by atoms with van der Waals surface area (Å²) in [6.07, 6.45) is 0. The number of amides is 1. The Hall–Kier alpha value is -1.87. The number of aliphatic imine (C=N–C) groups is 1. The van der Waals surface area contributed by atoms with Gasteiger partial charge in [-0.3, -0.25) is 14.5 Å². The number of methoxy groups -OCH3 is 1. The second-order valence-corrected chi connectivity index (χ2v) is 7.36. The maximum absolute atomic E-state index is 11.9. The molecule has 0 aromatic heterocycles. The van der Waals surface area contributed by atoms with Crippen molar-refractivity contribution in [2.45, 2.75) is 33.3 Å². The highest BCUT2D eigenvalue weighted by Crippen LogP contribution is 2.07. The second kappa shape index (κ2) is 11.8. The van der Waals surface area contributed by atoms with Crippen LogP contribution in [0.25, 0.3) is 0 Å². The Labute approximate surface area is 162 Å². The molecule has 1 aliphatic heterocycles. The highest BCUT2D eigenvalue weighted by atomic mass is 16.6. The van der Waals surface area contributed by atoms with Crippen LogP contribution in [-0.4, -0.2) is 99.3 Å². The molecule has 9 heteroatoms. The third kappa shape index (κ3) is 10.1. The molecule has 1 saturated heterocycles. The lowest BCUT2D eigenvalue weighted by Crippen LogP contribution is -2.54. The standard InChI is InChI=1S/C18H35N5O4/c1-6-19-17(21-13-16(25)27-18(2,3)4)23-10-8-22(9-11-23)14-15(24)20-7-12-26-5/h6-14H2,1-5H3,(H,19,21)(H,20,24). The first-order valence-corrected chi connectivity index (χ1v) is 9.48. The molecule has 0 radical (unpaired) electrons. The van der Waals surface area contributed by atoms with Crippen LogP contribution in [-0.2, 0) is 19.1 Å². The SMILES string of the molecule is CCNC(=NCC(=O)OC(C)(C)C)N1CCN(CC(=O)NCCOC)CC1. The molecule has 0 aliphatic carbocycles. The summed E-state index contributed by atoms with van der Waals surface area (Å²) in [7, 11) is 1.61. The largest absolute Gasteiger partial charge is 0.459 e. The minimum atomic E-state index is -0.513. The van der Waals surface area contributed by atoms with Crippen LogP contribution in [0.4, 0.5) is 0 Å². The number of carbonyl (C=O) groups excluding carboxylic acids is 2. The Morgan fingerprint density at radius 1 is 1.11 bits per heavy atom. The molecule has 0 aromatic carbocycles. The summed E-state index contributed by atoms with van der Waals surface area (Å²) >= 11 is 0. The summed E-state index contributed by atoms with van der Waals surface area (Å²) < 4.78 is 10.2. The maximum Gasteiger partial charge on any atom is 0.328 e. The van der Waals surface area contributed by atoms with Gasteiger partial charge in [-0.15, -0.1) is 0 Å². The molecule has 1 aliphatic rings. The summed E-state index contributed by atoms with van der Waals surface area (Å²) in [5, 5.41) is 6.05. The van der Waals surface area contributed by atoms with E-state index in [1.165, 1.54) is 0 Å². The fourth-order valence-corrected chi connectivity index (χ4v) is 2.61. The van der Waals surface area contributed by atoms with Crippen molar-refractivity contribution in [3.05, 3.63) is 0 Å². The molecule has 0 unspecified atom stereocenters. The number of guanidine groups is 1. The number of hydrogen-bond acceptors (Lipinski definition) is 6. The predicted octanol–water partition coefficient (Wildman–Crippen LogP) is -0.326. The molecule has 1 fully saturated rings. The normalized spacial score (nSPS) is 16.2. The van der Waals surface area contributed by atoms with Crippen LogP contribution in [0.15, 0.2) is 4.99 Å². The summed E-state index contributed by atoms with van der Waals surface area (Å²) in [6.45, 7) is 12.6. The summed E-state index contributed by atoms with van der Waals surface area (Å²) in [6, 6.07) is 0. The third-order valence-electron chi connectivity index (χ3n) is 3.78. The van der Waals surface area contributed by atoms with Gasteiger partial charge in [-0.2, -0.15) is 0 Å². The molecule has 9 nitrogen and oxygen atoms in total. The predicted molar refractivity (Wildman–Crippen MR) is 105 cm³/mol. The van der Waals surface area contributed by atoms with E-state index in [4.69, 9.17) is 9.47 Å². The lowest BCUT2D eigenvalue weighted by Gasteiger charge is -2.36. The van der Waals surface area contributed by atoms with E-state index in [0.29, 0.717) is 25.7 Å². The van der Waals surface area contributed by atoms with Crippen molar-refractivity contribution < 1.29 is 19.1 Å². The number of nitrogens with zero attached hydrogens (tertiary/aromatic N) is 3. The first kappa shape index (κ1) is 23.2. The Kier molecular flexibility index (Phi) is 10.1.